The van der Waals surface area contributed by atoms with Crippen molar-refractivity contribution < 1.29 is 13.9 Å². The van der Waals surface area contributed by atoms with Gasteiger partial charge in [-0.25, -0.2) is 9.07 Å². The Balaban J connectivity index is 1.64. The fraction of sp³-hybridized carbons (Fsp3) is 0.107. The van der Waals surface area contributed by atoms with E-state index in [-0.39, 0.29) is 23.9 Å². The van der Waals surface area contributed by atoms with Gasteiger partial charge in [0.05, 0.1) is 23.5 Å². The smallest absolute Gasteiger partial charge is 0.248 e. The van der Waals surface area contributed by atoms with Gasteiger partial charge < -0.3 is 15.4 Å². The maximum Gasteiger partial charge on any atom is 0.248 e. The third-order valence-corrected chi connectivity index (χ3v) is 6.78. The monoisotopic (exact) mass is 477 g/mol. The van der Waals surface area contributed by atoms with E-state index >= 15 is 0 Å². The van der Waals surface area contributed by atoms with Crippen LogP contribution < -0.4 is 15.4 Å². The van der Waals surface area contributed by atoms with Crippen molar-refractivity contribution in [2.75, 3.05) is 4.90 Å². The Morgan fingerprint density at radius 3 is 2.50 bits per heavy atom. The average Bonchev–Trinajstić information content (AvgIpc) is 3.34. The fourth-order valence-electron chi connectivity index (χ4n) is 5.27. The van der Waals surface area contributed by atoms with Crippen LogP contribution in [0, 0.1) is 24.1 Å². The molecule has 2 aliphatic rings. The zero-order chi connectivity index (χ0) is 25.0. The van der Waals surface area contributed by atoms with Crippen LogP contribution in [0.1, 0.15) is 22.4 Å². The number of benzene rings is 3. The van der Waals surface area contributed by atoms with Gasteiger partial charge in [0.15, 0.2) is 0 Å². The lowest BCUT2D eigenvalue weighted by Gasteiger charge is -2.33. The molecule has 0 saturated carbocycles. The van der Waals surface area contributed by atoms with Crippen molar-refractivity contribution in [3.8, 4) is 17.6 Å². The highest BCUT2D eigenvalue weighted by Gasteiger charge is 2.61. The number of ether oxygens (including phenoxy) is 1. The van der Waals surface area contributed by atoms with Gasteiger partial charge in [0.25, 0.3) is 0 Å². The number of aryl methyl sites for hydroxylation is 1. The molecule has 0 bridgehead atoms. The molecule has 0 unspecified atom stereocenters. The van der Waals surface area contributed by atoms with Crippen LogP contribution in [-0.2, 0) is 16.8 Å². The van der Waals surface area contributed by atoms with Crippen molar-refractivity contribution in [1.82, 2.24) is 9.78 Å². The summed E-state index contributed by atoms with van der Waals surface area (Å²) in [6.45, 7) is 1.76. The molecule has 3 heterocycles. The van der Waals surface area contributed by atoms with E-state index in [9.17, 15) is 14.4 Å². The topological polar surface area (TPSA) is 97.2 Å². The van der Waals surface area contributed by atoms with E-state index in [1.165, 1.54) is 11.0 Å². The van der Waals surface area contributed by atoms with Crippen LogP contribution in [0.3, 0.4) is 0 Å². The predicted molar refractivity (Wildman–Crippen MR) is 131 cm³/mol. The van der Waals surface area contributed by atoms with Crippen molar-refractivity contribution in [1.29, 1.82) is 5.26 Å². The summed E-state index contributed by atoms with van der Waals surface area (Å²) in [7, 11) is 0. The molecule has 0 saturated heterocycles. The molecule has 7 nitrogen and oxygen atoms in total. The number of aromatic nitrogens is 2. The third kappa shape index (κ3) is 2.77. The lowest BCUT2D eigenvalue weighted by Crippen LogP contribution is -2.46. The molecule has 4 aromatic rings. The van der Waals surface area contributed by atoms with Crippen LogP contribution in [0.4, 0.5) is 10.1 Å². The van der Waals surface area contributed by atoms with Crippen molar-refractivity contribution >= 4 is 11.6 Å². The van der Waals surface area contributed by atoms with Crippen LogP contribution in [0.15, 0.2) is 90.3 Å². The van der Waals surface area contributed by atoms with Gasteiger partial charge in [-0.05, 0) is 31.2 Å². The number of carbonyl (C=O) groups is 1. The highest BCUT2D eigenvalue weighted by Crippen LogP contribution is 2.56. The van der Waals surface area contributed by atoms with Gasteiger partial charge in [-0.1, -0.05) is 54.6 Å². The summed E-state index contributed by atoms with van der Waals surface area (Å²) in [6.07, 6.45) is 0. The molecule has 6 rings (SSSR count). The van der Waals surface area contributed by atoms with Gasteiger partial charge in [0.2, 0.25) is 17.7 Å². The summed E-state index contributed by atoms with van der Waals surface area (Å²) in [4.78, 5) is 16.0. The molecule has 0 fully saturated rings. The molecule has 0 radical (unpaired) electrons. The first-order valence-corrected chi connectivity index (χ1v) is 11.4. The molecule has 1 amide bonds. The van der Waals surface area contributed by atoms with E-state index in [2.05, 4.69) is 11.2 Å². The summed E-state index contributed by atoms with van der Waals surface area (Å²) in [5, 5.41) is 14.9. The summed E-state index contributed by atoms with van der Waals surface area (Å²) in [6, 6.07) is 25.0. The minimum absolute atomic E-state index is 0.00898. The number of rotatable bonds is 3. The second-order valence-corrected chi connectivity index (χ2v) is 8.72. The molecular weight excluding hydrogens is 457 g/mol. The van der Waals surface area contributed by atoms with E-state index in [1.807, 2.05) is 30.3 Å². The molecule has 2 aliphatic heterocycles. The molecule has 36 heavy (non-hydrogen) atoms. The molecule has 176 valence electrons. The molecule has 0 aliphatic carbocycles. The second-order valence-electron chi connectivity index (χ2n) is 8.72. The molecule has 2 N–H and O–H groups in total. The number of halogens is 1. The largest absolute Gasteiger partial charge is 0.422 e. The van der Waals surface area contributed by atoms with E-state index in [1.54, 1.807) is 54.1 Å². The molecule has 1 spiro atoms. The number of nitriles is 1. The highest BCUT2D eigenvalue weighted by atomic mass is 19.1. The predicted octanol–water partition coefficient (Wildman–Crippen LogP) is 4.24. The van der Waals surface area contributed by atoms with Crippen LogP contribution in [0.2, 0.25) is 0 Å². The number of nitrogens with zero attached hydrogens (tertiary/aromatic N) is 4. The minimum Gasteiger partial charge on any atom is -0.422 e. The van der Waals surface area contributed by atoms with Crippen molar-refractivity contribution in [2.45, 2.75) is 18.9 Å². The maximum atomic E-state index is 14.6. The summed E-state index contributed by atoms with van der Waals surface area (Å²) in [5.74, 6) is -0.726. The Labute approximate surface area is 206 Å². The Morgan fingerprint density at radius 1 is 1.06 bits per heavy atom. The van der Waals surface area contributed by atoms with Crippen LogP contribution >= 0.6 is 0 Å². The summed E-state index contributed by atoms with van der Waals surface area (Å²) in [5.41, 5.74) is 7.92. The summed E-state index contributed by atoms with van der Waals surface area (Å²) >= 11 is 0. The van der Waals surface area contributed by atoms with Gasteiger partial charge in [-0.15, -0.1) is 0 Å². The normalized spacial score (nSPS) is 18.1. The van der Waals surface area contributed by atoms with E-state index < -0.39 is 17.1 Å². The second kappa shape index (κ2) is 7.82. The zero-order valence-electron chi connectivity index (χ0n) is 19.3. The molecule has 3 aromatic carbocycles. The number of para-hydroxylation sites is 2. The Bertz CT molecular complexity index is 1620. The van der Waals surface area contributed by atoms with Gasteiger partial charge in [0, 0.05) is 16.8 Å². The standard InChI is InChI=1S/C28H20FN5O2/c1-17-24-26(34(32-17)19-10-3-2-4-11-19)36-25(31)21(15-30)28(24)20-12-6-8-14-23(20)33(27(28)35)16-18-9-5-7-13-22(18)29/h2-14H,16,31H2,1H3/t28-/m0/s1. The number of nitrogens with two attached hydrogens (primary N) is 1. The molecule has 8 heteroatoms. The van der Waals surface area contributed by atoms with Gasteiger partial charge >= 0.3 is 0 Å². The Morgan fingerprint density at radius 2 is 1.75 bits per heavy atom. The Hall–Kier alpha value is -4.90. The first-order valence-electron chi connectivity index (χ1n) is 11.4. The van der Waals surface area contributed by atoms with Crippen LogP contribution in [-0.4, -0.2) is 15.7 Å². The molecular formula is C28H20FN5O2. The van der Waals surface area contributed by atoms with Crippen LogP contribution in [0.5, 0.6) is 5.88 Å². The van der Waals surface area contributed by atoms with Crippen molar-refractivity contribution in [2.24, 2.45) is 5.73 Å². The van der Waals surface area contributed by atoms with Crippen LogP contribution in [0.25, 0.3) is 5.69 Å². The minimum atomic E-state index is -1.58. The average molecular weight is 477 g/mol. The molecule has 1 atom stereocenters. The number of anilines is 1. The first kappa shape index (κ1) is 21.6. The third-order valence-electron chi connectivity index (χ3n) is 6.78. The fourth-order valence-corrected chi connectivity index (χ4v) is 5.27. The zero-order valence-corrected chi connectivity index (χ0v) is 19.3. The van der Waals surface area contributed by atoms with E-state index in [4.69, 9.17) is 10.5 Å². The quantitative estimate of drug-likeness (QED) is 0.476. The van der Waals surface area contributed by atoms with Crippen molar-refractivity contribution in [3.63, 3.8) is 0 Å². The van der Waals surface area contributed by atoms with Gasteiger partial charge in [0.1, 0.15) is 22.9 Å². The number of hydrogen-bond acceptors (Lipinski definition) is 5. The molecule has 1 aromatic heterocycles. The van der Waals surface area contributed by atoms with Gasteiger partial charge in [-0.2, -0.15) is 10.4 Å². The number of amides is 1. The lowest BCUT2D eigenvalue weighted by atomic mass is 9.69. The van der Waals surface area contributed by atoms with Crippen molar-refractivity contribution in [3.05, 3.63) is 119 Å². The van der Waals surface area contributed by atoms with Gasteiger partial charge in [-0.3, -0.25) is 4.79 Å². The number of carbonyl (C=O) groups excluding carboxylic acids is 1. The SMILES string of the molecule is Cc1nn(-c2ccccc2)c2c1[C@@]1(C(=O)N(Cc3ccccc3F)c3ccccc31)C(C#N)=C(N)O2. The highest BCUT2D eigenvalue weighted by molar-refractivity contribution is 6.14. The first-order chi connectivity index (χ1) is 17.5. The van der Waals surface area contributed by atoms with E-state index in [0.717, 1.165) is 0 Å². The number of hydrogen-bond donors (Lipinski definition) is 1. The lowest BCUT2D eigenvalue weighted by molar-refractivity contribution is -0.121. The number of fused-ring (bicyclic) bond motifs is 4. The maximum absolute atomic E-state index is 14.6. The summed E-state index contributed by atoms with van der Waals surface area (Å²) < 4.78 is 22.2. The van der Waals surface area contributed by atoms with E-state index in [0.29, 0.717) is 33.8 Å². The Kier molecular flexibility index (Phi) is 4.70.